The molecule has 0 bridgehead atoms. The highest BCUT2D eigenvalue weighted by Gasteiger charge is 2.31. The standard InChI is InChI=1S/C18H12ClF4N3O2/c19-12-6-5-11(18(21,22)23)9-15(12)24-17(27)14-7-8-26(25-14)10-28-16-4-2-1-3-13(16)20/h1-9H,10H2,(H,24,27). The van der Waals surface area contributed by atoms with Crippen molar-refractivity contribution < 1.29 is 27.1 Å². The number of nitrogens with one attached hydrogen (secondary N) is 1. The smallest absolute Gasteiger partial charge is 0.416 e. The second-order valence-corrected chi connectivity index (χ2v) is 6.00. The Morgan fingerprint density at radius 2 is 1.93 bits per heavy atom. The third-order valence-electron chi connectivity index (χ3n) is 3.60. The van der Waals surface area contributed by atoms with Crippen molar-refractivity contribution in [1.82, 2.24) is 9.78 Å². The summed E-state index contributed by atoms with van der Waals surface area (Å²) in [6, 6.07) is 9.70. The minimum absolute atomic E-state index is 0.0137. The largest absolute Gasteiger partial charge is 0.468 e. The number of anilines is 1. The van der Waals surface area contributed by atoms with Crippen molar-refractivity contribution in [1.29, 1.82) is 0 Å². The number of ether oxygens (including phenoxy) is 1. The van der Waals surface area contributed by atoms with E-state index in [1.165, 1.54) is 35.1 Å². The SMILES string of the molecule is O=C(Nc1cc(C(F)(F)F)ccc1Cl)c1ccn(COc2ccccc2F)n1. The molecule has 0 aliphatic carbocycles. The Bertz CT molecular complexity index is 1000. The Morgan fingerprint density at radius 3 is 2.64 bits per heavy atom. The topological polar surface area (TPSA) is 56.2 Å². The Morgan fingerprint density at radius 1 is 1.18 bits per heavy atom. The van der Waals surface area contributed by atoms with E-state index < -0.39 is 23.5 Å². The number of nitrogens with zero attached hydrogens (tertiary/aromatic N) is 2. The summed E-state index contributed by atoms with van der Waals surface area (Å²) in [5, 5.41) is 6.18. The molecule has 0 aliphatic heterocycles. The Balaban J connectivity index is 1.68. The van der Waals surface area contributed by atoms with Crippen molar-refractivity contribution in [2.24, 2.45) is 0 Å². The molecule has 0 fully saturated rings. The van der Waals surface area contributed by atoms with Gasteiger partial charge < -0.3 is 10.1 Å². The molecule has 10 heteroatoms. The van der Waals surface area contributed by atoms with Crippen molar-refractivity contribution in [2.75, 3.05) is 5.32 Å². The van der Waals surface area contributed by atoms with E-state index in [-0.39, 0.29) is 28.9 Å². The molecular formula is C18H12ClF4N3O2. The highest BCUT2D eigenvalue weighted by molar-refractivity contribution is 6.33. The van der Waals surface area contributed by atoms with Crippen LogP contribution in [0, 0.1) is 5.82 Å². The van der Waals surface area contributed by atoms with E-state index in [9.17, 15) is 22.4 Å². The van der Waals surface area contributed by atoms with Crippen molar-refractivity contribution in [2.45, 2.75) is 12.9 Å². The molecule has 3 aromatic rings. The number of benzene rings is 2. The Labute approximate surface area is 161 Å². The molecule has 0 atom stereocenters. The van der Waals surface area contributed by atoms with Crippen LogP contribution >= 0.6 is 11.6 Å². The first-order chi connectivity index (χ1) is 13.2. The van der Waals surface area contributed by atoms with E-state index in [0.717, 1.165) is 18.2 Å². The number of aromatic nitrogens is 2. The maximum Gasteiger partial charge on any atom is 0.416 e. The lowest BCUT2D eigenvalue weighted by molar-refractivity contribution is -0.137. The quantitative estimate of drug-likeness (QED) is 0.600. The van der Waals surface area contributed by atoms with Gasteiger partial charge in [0.1, 0.15) is 0 Å². The van der Waals surface area contributed by atoms with E-state index in [4.69, 9.17) is 16.3 Å². The van der Waals surface area contributed by atoms with E-state index in [2.05, 4.69) is 10.4 Å². The van der Waals surface area contributed by atoms with Gasteiger partial charge >= 0.3 is 6.18 Å². The number of hydrogen-bond donors (Lipinski definition) is 1. The van der Waals surface area contributed by atoms with Crippen LogP contribution < -0.4 is 10.1 Å². The summed E-state index contributed by atoms with van der Waals surface area (Å²) in [5.74, 6) is -1.29. The molecule has 1 amide bonds. The van der Waals surface area contributed by atoms with Gasteiger partial charge in [0.2, 0.25) is 0 Å². The maximum atomic E-state index is 13.5. The van der Waals surface area contributed by atoms with Gasteiger partial charge in [0.25, 0.3) is 5.91 Å². The minimum atomic E-state index is -4.57. The fourth-order valence-corrected chi connectivity index (χ4v) is 2.40. The number of hydrogen-bond acceptors (Lipinski definition) is 3. The third-order valence-corrected chi connectivity index (χ3v) is 3.93. The van der Waals surface area contributed by atoms with Gasteiger partial charge in [0.05, 0.1) is 16.3 Å². The van der Waals surface area contributed by atoms with Gasteiger partial charge in [0.15, 0.2) is 24.0 Å². The monoisotopic (exact) mass is 413 g/mol. The first-order valence-electron chi connectivity index (χ1n) is 7.83. The summed E-state index contributed by atoms with van der Waals surface area (Å²) < 4.78 is 58.4. The molecule has 0 spiro atoms. The first kappa shape index (κ1) is 19.7. The van der Waals surface area contributed by atoms with Crippen LogP contribution in [0.15, 0.2) is 54.7 Å². The minimum Gasteiger partial charge on any atom is -0.468 e. The molecule has 0 saturated carbocycles. The molecular weight excluding hydrogens is 402 g/mol. The van der Waals surface area contributed by atoms with E-state index in [1.807, 2.05) is 0 Å². The van der Waals surface area contributed by atoms with Crippen molar-refractivity contribution in [3.05, 3.63) is 76.8 Å². The summed E-state index contributed by atoms with van der Waals surface area (Å²) in [4.78, 5) is 12.2. The number of halogens is 5. The van der Waals surface area contributed by atoms with E-state index in [0.29, 0.717) is 0 Å². The zero-order valence-corrected chi connectivity index (χ0v) is 14.8. The number of carbonyl (C=O) groups excluding carboxylic acids is 1. The number of para-hydroxylation sites is 1. The molecule has 1 N–H and O–H groups in total. The predicted molar refractivity (Wildman–Crippen MR) is 93.7 cm³/mol. The van der Waals surface area contributed by atoms with Crippen molar-refractivity contribution in [3.8, 4) is 5.75 Å². The number of carbonyl (C=O) groups is 1. The predicted octanol–water partition coefficient (Wildman–Crippen LogP) is 4.98. The number of amides is 1. The molecule has 3 rings (SSSR count). The lowest BCUT2D eigenvalue weighted by Gasteiger charge is -2.11. The van der Waals surface area contributed by atoms with E-state index in [1.54, 1.807) is 6.07 Å². The summed E-state index contributed by atoms with van der Waals surface area (Å²) >= 11 is 5.85. The van der Waals surface area contributed by atoms with Crippen LogP contribution in [-0.4, -0.2) is 15.7 Å². The number of alkyl halides is 3. The molecule has 146 valence electrons. The van der Waals surface area contributed by atoms with E-state index >= 15 is 0 Å². The molecule has 1 aromatic heterocycles. The maximum absolute atomic E-state index is 13.5. The normalized spacial score (nSPS) is 11.3. The third kappa shape index (κ3) is 4.61. The molecule has 0 saturated heterocycles. The van der Waals surface area contributed by atoms with Gasteiger partial charge in [-0.1, -0.05) is 23.7 Å². The Hall–Kier alpha value is -3.07. The van der Waals surface area contributed by atoms with Gasteiger partial charge in [-0.3, -0.25) is 4.79 Å². The zero-order valence-electron chi connectivity index (χ0n) is 14.0. The lowest BCUT2D eigenvalue weighted by atomic mass is 10.2. The summed E-state index contributed by atoms with van der Waals surface area (Å²) in [5.41, 5.74) is -1.22. The lowest BCUT2D eigenvalue weighted by Crippen LogP contribution is -2.15. The van der Waals surface area contributed by atoms with Crippen LogP contribution in [0.2, 0.25) is 5.02 Å². The fourth-order valence-electron chi connectivity index (χ4n) is 2.24. The average molecular weight is 414 g/mol. The molecule has 1 heterocycles. The van der Waals surface area contributed by atoms with Crippen molar-refractivity contribution in [3.63, 3.8) is 0 Å². The molecule has 0 aliphatic rings. The molecule has 2 aromatic carbocycles. The summed E-state index contributed by atoms with van der Waals surface area (Å²) in [6.45, 7) is -0.168. The molecule has 0 radical (unpaired) electrons. The molecule has 28 heavy (non-hydrogen) atoms. The number of rotatable bonds is 5. The van der Waals surface area contributed by atoms with Gasteiger partial charge in [-0.25, -0.2) is 9.07 Å². The van der Waals surface area contributed by atoms with Gasteiger partial charge in [-0.15, -0.1) is 0 Å². The van der Waals surface area contributed by atoms with Crippen molar-refractivity contribution >= 4 is 23.2 Å². The van der Waals surface area contributed by atoms with Crippen LogP contribution in [-0.2, 0) is 12.9 Å². The summed E-state index contributed by atoms with van der Waals surface area (Å²) in [7, 11) is 0. The highest BCUT2D eigenvalue weighted by atomic mass is 35.5. The second-order valence-electron chi connectivity index (χ2n) is 5.59. The van der Waals surface area contributed by atoms with Crippen LogP contribution in [0.3, 0.4) is 0 Å². The fraction of sp³-hybridized carbons (Fsp3) is 0.111. The average Bonchev–Trinajstić information content (AvgIpc) is 3.11. The van der Waals surface area contributed by atoms with Gasteiger partial charge in [-0.05, 0) is 36.4 Å². The molecule has 0 unspecified atom stereocenters. The second kappa shape index (κ2) is 7.89. The van der Waals surface area contributed by atoms with Crippen LogP contribution in [0.5, 0.6) is 5.75 Å². The van der Waals surface area contributed by atoms with Crippen LogP contribution in [0.4, 0.5) is 23.2 Å². The van der Waals surface area contributed by atoms with Crippen LogP contribution in [0.1, 0.15) is 16.1 Å². The van der Waals surface area contributed by atoms with Gasteiger partial charge in [0, 0.05) is 6.20 Å². The Kier molecular flexibility index (Phi) is 5.55. The first-order valence-corrected chi connectivity index (χ1v) is 8.21. The molecule has 5 nitrogen and oxygen atoms in total. The van der Waals surface area contributed by atoms with Crippen LogP contribution in [0.25, 0.3) is 0 Å². The zero-order chi connectivity index (χ0) is 20.3. The highest BCUT2D eigenvalue weighted by Crippen LogP contribution is 2.33. The summed E-state index contributed by atoms with van der Waals surface area (Å²) in [6.07, 6.45) is -3.17. The van der Waals surface area contributed by atoms with Gasteiger partial charge in [-0.2, -0.15) is 18.3 Å².